The fraction of sp³-hybridized carbons (Fsp3) is 1.00. The summed E-state index contributed by atoms with van der Waals surface area (Å²) >= 11 is 0. The van der Waals surface area contributed by atoms with E-state index in [9.17, 15) is 0 Å². The van der Waals surface area contributed by atoms with Crippen molar-refractivity contribution in [3.8, 4) is 0 Å². The Hall–Kier alpha value is -0.210. The second kappa shape index (κ2) is 9.78. The molecule has 0 atom stereocenters. The van der Waals surface area contributed by atoms with E-state index in [0.29, 0.717) is 0 Å². The van der Waals surface area contributed by atoms with E-state index >= 15 is 0 Å². The third-order valence-electron chi connectivity index (χ3n) is 2.37. The van der Waals surface area contributed by atoms with Crippen LogP contribution in [-0.2, 0) is 10.4 Å². The van der Waals surface area contributed by atoms with Gasteiger partial charge in [-0.1, -0.05) is 39.5 Å². The summed E-state index contributed by atoms with van der Waals surface area (Å²) in [6.07, 6.45) is 6.48. The van der Waals surface area contributed by atoms with Crippen molar-refractivity contribution in [3.63, 3.8) is 0 Å². The highest BCUT2D eigenvalue weighted by molar-refractivity contribution is 7.79. The molecule has 0 saturated heterocycles. The summed E-state index contributed by atoms with van der Waals surface area (Å²) in [5.41, 5.74) is 5.72. The van der Waals surface area contributed by atoms with Crippen molar-refractivity contribution < 1.29 is 22.6 Å². The fourth-order valence-electron chi connectivity index (χ4n) is 1.34. The minimum atomic E-state index is -4.67. The lowest BCUT2D eigenvalue weighted by Gasteiger charge is -2.26. The summed E-state index contributed by atoms with van der Waals surface area (Å²) in [4.78, 5) is 0. The first kappa shape index (κ1) is 19.1. The highest BCUT2D eigenvalue weighted by Gasteiger charge is 2.21. The van der Waals surface area contributed by atoms with Gasteiger partial charge in [0, 0.05) is 5.54 Å². The van der Waals surface area contributed by atoms with Crippen LogP contribution in [-0.4, -0.2) is 34.8 Å². The standard InChI is InChI=1S/C10H23NO.H2O4S/c1-3-5-7-10(11,9-12)8-6-4-2;1-5(2,3)4/h12H,3-9,11H2,1-2H3;(H2,1,2,3,4). The summed E-state index contributed by atoms with van der Waals surface area (Å²) in [5.74, 6) is 0. The van der Waals surface area contributed by atoms with Gasteiger partial charge < -0.3 is 10.8 Å². The molecular weight excluding hydrogens is 246 g/mol. The number of rotatable bonds is 7. The maximum absolute atomic E-state index is 9.11. The van der Waals surface area contributed by atoms with E-state index < -0.39 is 10.4 Å². The molecule has 0 aliphatic carbocycles. The number of hydrogen-bond donors (Lipinski definition) is 4. The lowest BCUT2D eigenvalue weighted by atomic mass is 9.89. The van der Waals surface area contributed by atoms with Crippen molar-refractivity contribution in [1.82, 2.24) is 0 Å². The van der Waals surface area contributed by atoms with Gasteiger partial charge in [-0.25, -0.2) is 0 Å². The van der Waals surface area contributed by atoms with E-state index in [1.807, 2.05) is 0 Å². The zero-order valence-corrected chi connectivity index (χ0v) is 11.4. The van der Waals surface area contributed by atoms with Gasteiger partial charge in [-0.05, 0) is 12.8 Å². The van der Waals surface area contributed by atoms with Gasteiger partial charge in [-0.3, -0.25) is 9.11 Å². The molecule has 0 aromatic carbocycles. The Morgan fingerprint density at radius 1 is 1.06 bits per heavy atom. The third kappa shape index (κ3) is 18.4. The van der Waals surface area contributed by atoms with Crippen molar-refractivity contribution >= 4 is 10.4 Å². The van der Waals surface area contributed by atoms with E-state index in [4.69, 9.17) is 28.4 Å². The summed E-state index contributed by atoms with van der Waals surface area (Å²) in [5, 5.41) is 9.11. The number of hydrogen-bond acceptors (Lipinski definition) is 4. The first-order valence-electron chi connectivity index (χ1n) is 5.78. The molecule has 0 spiro atoms. The smallest absolute Gasteiger partial charge is 0.394 e. The summed E-state index contributed by atoms with van der Waals surface area (Å²) in [6, 6.07) is 0. The van der Waals surface area contributed by atoms with Gasteiger partial charge in [0.05, 0.1) is 6.61 Å². The van der Waals surface area contributed by atoms with Gasteiger partial charge >= 0.3 is 10.4 Å². The second-order valence-electron chi connectivity index (χ2n) is 4.18. The van der Waals surface area contributed by atoms with Crippen LogP contribution in [0.2, 0.25) is 0 Å². The highest BCUT2D eigenvalue weighted by Crippen LogP contribution is 2.17. The van der Waals surface area contributed by atoms with Crippen LogP contribution in [0.3, 0.4) is 0 Å². The molecule has 0 heterocycles. The van der Waals surface area contributed by atoms with Crippen molar-refractivity contribution in [1.29, 1.82) is 0 Å². The van der Waals surface area contributed by atoms with Crippen LogP contribution in [0.15, 0.2) is 0 Å². The summed E-state index contributed by atoms with van der Waals surface area (Å²) in [6.45, 7) is 4.43. The molecule has 0 unspecified atom stereocenters. The molecule has 0 rings (SSSR count). The topological polar surface area (TPSA) is 121 Å². The monoisotopic (exact) mass is 271 g/mol. The Bertz CT molecular complexity index is 250. The lowest BCUT2D eigenvalue weighted by Crippen LogP contribution is -2.43. The number of unbranched alkanes of at least 4 members (excludes halogenated alkanes) is 2. The van der Waals surface area contributed by atoms with Crippen molar-refractivity contribution in [3.05, 3.63) is 0 Å². The first-order valence-corrected chi connectivity index (χ1v) is 7.18. The average Bonchev–Trinajstić information content (AvgIpc) is 2.21. The van der Waals surface area contributed by atoms with Gasteiger partial charge in [0.1, 0.15) is 0 Å². The second-order valence-corrected chi connectivity index (χ2v) is 5.07. The maximum Gasteiger partial charge on any atom is 0.394 e. The van der Waals surface area contributed by atoms with Crippen LogP contribution in [0.5, 0.6) is 0 Å². The maximum atomic E-state index is 9.11. The van der Waals surface area contributed by atoms with Gasteiger partial charge in [0.15, 0.2) is 0 Å². The zero-order chi connectivity index (χ0) is 13.9. The van der Waals surface area contributed by atoms with Crippen molar-refractivity contribution in [2.45, 2.75) is 57.9 Å². The van der Waals surface area contributed by atoms with Gasteiger partial charge in [-0.2, -0.15) is 8.42 Å². The van der Waals surface area contributed by atoms with Crippen LogP contribution < -0.4 is 5.73 Å². The van der Waals surface area contributed by atoms with Gasteiger partial charge in [-0.15, -0.1) is 0 Å². The Labute approximate surface area is 104 Å². The molecule has 0 aromatic heterocycles. The normalized spacial score (nSPS) is 11.9. The number of aliphatic hydroxyl groups excluding tert-OH is 1. The Morgan fingerprint density at radius 2 is 1.35 bits per heavy atom. The van der Waals surface area contributed by atoms with Crippen molar-refractivity contribution in [2.75, 3.05) is 6.61 Å². The molecule has 0 aromatic rings. The number of aliphatic hydroxyl groups is 1. The Morgan fingerprint density at radius 3 is 1.53 bits per heavy atom. The minimum absolute atomic E-state index is 0.132. The minimum Gasteiger partial charge on any atom is -0.394 e. The fourth-order valence-corrected chi connectivity index (χ4v) is 1.34. The van der Waals surface area contributed by atoms with Crippen LogP contribution in [0.1, 0.15) is 52.4 Å². The van der Waals surface area contributed by atoms with E-state index in [2.05, 4.69) is 13.8 Å². The molecule has 0 fully saturated rings. The van der Waals surface area contributed by atoms with E-state index in [-0.39, 0.29) is 12.1 Å². The molecule has 5 N–H and O–H groups in total. The summed E-state index contributed by atoms with van der Waals surface area (Å²) in [7, 11) is -4.67. The van der Waals surface area contributed by atoms with Crippen LogP contribution >= 0.6 is 0 Å². The molecule has 0 aliphatic rings. The molecule has 0 bridgehead atoms. The zero-order valence-electron chi connectivity index (χ0n) is 10.6. The number of nitrogens with two attached hydrogens (primary N) is 1. The van der Waals surface area contributed by atoms with E-state index in [1.165, 1.54) is 0 Å². The molecule has 0 amide bonds. The molecule has 17 heavy (non-hydrogen) atoms. The van der Waals surface area contributed by atoms with E-state index in [1.54, 1.807) is 0 Å². The molecule has 6 nitrogen and oxygen atoms in total. The van der Waals surface area contributed by atoms with Gasteiger partial charge in [0.2, 0.25) is 0 Å². The average molecular weight is 271 g/mol. The van der Waals surface area contributed by atoms with E-state index in [0.717, 1.165) is 38.5 Å². The van der Waals surface area contributed by atoms with Crippen molar-refractivity contribution in [2.24, 2.45) is 5.73 Å². The quantitative estimate of drug-likeness (QED) is 0.519. The largest absolute Gasteiger partial charge is 0.394 e. The predicted octanol–water partition coefficient (Wildman–Crippen LogP) is 1.40. The molecular formula is C10H25NO5S. The van der Waals surface area contributed by atoms with Gasteiger partial charge in [0.25, 0.3) is 0 Å². The molecule has 0 saturated carbocycles. The Kier molecular flexibility index (Phi) is 11.0. The Balaban J connectivity index is 0. The molecule has 106 valence electrons. The lowest BCUT2D eigenvalue weighted by molar-refractivity contribution is 0.173. The molecule has 0 aliphatic heterocycles. The molecule has 0 radical (unpaired) electrons. The highest BCUT2D eigenvalue weighted by atomic mass is 32.3. The first-order chi connectivity index (χ1) is 7.68. The molecule has 7 heteroatoms. The predicted molar refractivity (Wildman–Crippen MR) is 67.2 cm³/mol. The third-order valence-corrected chi connectivity index (χ3v) is 2.37. The van der Waals surface area contributed by atoms with Crippen LogP contribution in [0.25, 0.3) is 0 Å². The van der Waals surface area contributed by atoms with Crippen LogP contribution in [0.4, 0.5) is 0 Å². The SMILES string of the molecule is CCCCC(N)(CO)CCCC.O=S(=O)(O)O. The van der Waals surface area contributed by atoms with Crippen LogP contribution in [0, 0.1) is 0 Å². The summed E-state index contributed by atoms with van der Waals surface area (Å²) < 4.78 is 31.6.